The highest BCUT2D eigenvalue weighted by atomic mass is 35.5. The molecule has 1 heterocycles. The predicted octanol–water partition coefficient (Wildman–Crippen LogP) is 3.60. The molecule has 90 valence electrons. The van der Waals surface area contributed by atoms with Crippen molar-refractivity contribution >= 4 is 17.4 Å². The van der Waals surface area contributed by atoms with Gasteiger partial charge < -0.3 is 5.32 Å². The molecular formula is C13H16ClN3. The summed E-state index contributed by atoms with van der Waals surface area (Å²) in [5.41, 5.74) is 0.292. The van der Waals surface area contributed by atoms with Gasteiger partial charge in [-0.25, -0.2) is 4.98 Å². The molecule has 1 aromatic rings. The lowest BCUT2D eigenvalue weighted by molar-refractivity contribution is 0.373. The van der Waals surface area contributed by atoms with Crippen LogP contribution in [0.4, 0.5) is 5.82 Å². The van der Waals surface area contributed by atoms with Crippen molar-refractivity contribution in [3.05, 3.63) is 22.8 Å². The molecule has 1 aliphatic rings. The number of halogens is 1. The molecule has 0 radical (unpaired) electrons. The SMILES string of the molecule is N#Cc1nc(NCC2CCCCC2)ccc1Cl. The van der Waals surface area contributed by atoms with Crippen molar-refractivity contribution in [3.63, 3.8) is 0 Å². The van der Waals surface area contributed by atoms with Gasteiger partial charge >= 0.3 is 0 Å². The fourth-order valence-electron chi connectivity index (χ4n) is 2.26. The first kappa shape index (κ1) is 12.2. The molecule has 0 bridgehead atoms. The number of nitrogens with zero attached hydrogens (tertiary/aromatic N) is 2. The van der Waals surface area contributed by atoms with Gasteiger partial charge in [0.25, 0.3) is 0 Å². The first-order valence-electron chi connectivity index (χ1n) is 6.10. The maximum absolute atomic E-state index is 8.84. The molecule has 1 aliphatic carbocycles. The maximum atomic E-state index is 8.84. The first-order valence-corrected chi connectivity index (χ1v) is 6.48. The topological polar surface area (TPSA) is 48.7 Å². The van der Waals surface area contributed by atoms with Crippen molar-refractivity contribution in [1.82, 2.24) is 4.98 Å². The van der Waals surface area contributed by atoms with Crippen molar-refractivity contribution in [2.24, 2.45) is 5.92 Å². The average molecular weight is 250 g/mol. The molecule has 1 N–H and O–H groups in total. The number of rotatable bonds is 3. The number of hydrogen-bond acceptors (Lipinski definition) is 3. The largest absolute Gasteiger partial charge is 0.370 e. The van der Waals surface area contributed by atoms with E-state index in [-0.39, 0.29) is 0 Å². The minimum Gasteiger partial charge on any atom is -0.370 e. The van der Waals surface area contributed by atoms with Crippen LogP contribution in [0.3, 0.4) is 0 Å². The van der Waals surface area contributed by atoms with E-state index >= 15 is 0 Å². The predicted molar refractivity (Wildman–Crippen MR) is 69.0 cm³/mol. The van der Waals surface area contributed by atoms with Crippen LogP contribution in [-0.2, 0) is 0 Å². The minimum atomic E-state index is 0.292. The zero-order chi connectivity index (χ0) is 12.1. The normalized spacial score (nSPS) is 16.5. The van der Waals surface area contributed by atoms with Crippen molar-refractivity contribution < 1.29 is 0 Å². The Morgan fingerprint density at radius 2 is 2.12 bits per heavy atom. The molecule has 0 aromatic carbocycles. The highest BCUT2D eigenvalue weighted by Crippen LogP contribution is 2.24. The fourth-order valence-corrected chi connectivity index (χ4v) is 2.41. The standard InChI is InChI=1S/C13H16ClN3/c14-11-6-7-13(17-12(11)8-15)16-9-10-4-2-1-3-5-10/h6-7,10H,1-5,9H2,(H,16,17). The second-order valence-electron chi connectivity index (χ2n) is 4.52. The smallest absolute Gasteiger partial charge is 0.161 e. The monoisotopic (exact) mass is 249 g/mol. The van der Waals surface area contributed by atoms with Crippen LogP contribution in [0.1, 0.15) is 37.8 Å². The van der Waals surface area contributed by atoms with Gasteiger partial charge in [-0.1, -0.05) is 30.9 Å². The van der Waals surface area contributed by atoms with Crippen LogP contribution in [0.15, 0.2) is 12.1 Å². The van der Waals surface area contributed by atoms with E-state index in [2.05, 4.69) is 10.3 Å². The van der Waals surface area contributed by atoms with Crippen LogP contribution >= 0.6 is 11.6 Å². The molecule has 0 aliphatic heterocycles. The Kier molecular flexibility index (Phi) is 4.22. The van der Waals surface area contributed by atoms with E-state index in [4.69, 9.17) is 16.9 Å². The fraction of sp³-hybridized carbons (Fsp3) is 0.538. The van der Waals surface area contributed by atoms with Crippen LogP contribution in [0, 0.1) is 17.2 Å². The third-order valence-electron chi connectivity index (χ3n) is 3.25. The third-order valence-corrected chi connectivity index (χ3v) is 3.55. The van der Waals surface area contributed by atoms with Gasteiger partial charge in [0, 0.05) is 6.54 Å². The van der Waals surface area contributed by atoms with E-state index < -0.39 is 0 Å². The highest BCUT2D eigenvalue weighted by Gasteiger charge is 2.13. The van der Waals surface area contributed by atoms with Crippen molar-refractivity contribution in [3.8, 4) is 6.07 Å². The van der Waals surface area contributed by atoms with E-state index in [0.29, 0.717) is 10.7 Å². The van der Waals surface area contributed by atoms with E-state index in [1.54, 1.807) is 6.07 Å². The summed E-state index contributed by atoms with van der Waals surface area (Å²) < 4.78 is 0. The van der Waals surface area contributed by atoms with Crippen LogP contribution < -0.4 is 5.32 Å². The van der Waals surface area contributed by atoms with E-state index in [9.17, 15) is 0 Å². The minimum absolute atomic E-state index is 0.292. The van der Waals surface area contributed by atoms with Crippen molar-refractivity contribution in [2.75, 3.05) is 11.9 Å². The second kappa shape index (κ2) is 5.88. The number of hydrogen-bond donors (Lipinski definition) is 1. The number of anilines is 1. The third kappa shape index (κ3) is 3.34. The summed E-state index contributed by atoms with van der Waals surface area (Å²) in [6.45, 7) is 0.944. The van der Waals surface area contributed by atoms with Crippen LogP contribution in [-0.4, -0.2) is 11.5 Å². The molecule has 17 heavy (non-hydrogen) atoms. The van der Waals surface area contributed by atoms with Crippen LogP contribution in [0.2, 0.25) is 5.02 Å². The Balaban J connectivity index is 1.92. The Morgan fingerprint density at radius 1 is 1.35 bits per heavy atom. The Bertz CT molecular complexity index is 419. The summed E-state index contributed by atoms with van der Waals surface area (Å²) in [7, 11) is 0. The molecule has 1 saturated carbocycles. The Morgan fingerprint density at radius 3 is 2.82 bits per heavy atom. The summed E-state index contributed by atoms with van der Waals surface area (Å²) in [6.07, 6.45) is 6.64. The zero-order valence-electron chi connectivity index (χ0n) is 9.75. The van der Waals surface area contributed by atoms with Gasteiger partial charge in [-0.2, -0.15) is 5.26 Å². The second-order valence-corrected chi connectivity index (χ2v) is 4.93. The molecule has 3 nitrogen and oxygen atoms in total. The van der Waals surface area contributed by atoms with Gasteiger partial charge in [-0.3, -0.25) is 0 Å². The molecule has 0 saturated heterocycles. The molecule has 1 fully saturated rings. The summed E-state index contributed by atoms with van der Waals surface area (Å²) in [4.78, 5) is 4.17. The van der Waals surface area contributed by atoms with Gasteiger partial charge in [0.1, 0.15) is 11.9 Å². The van der Waals surface area contributed by atoms with Gasteiger partial charge in [0.15, 0.2) is 5.69 Å². The lowest BCUT2D eigenvalue weighted by atomic mass is 9.89. The quantitative estimate of drug-likeness (QED) is 0.891. The molecule has 2 rings (SSSR count). The zero-order valence-corrected chi connectivity index (χ0v) is 10.5. The summed E-state index contributed by atoms with van der Waals surface area (Å²) in [5.74, 6) is 1.49. The van der Waals surface area contributed by atoms with E-state index in [1.165, 1.54) is 32.1 Å². The van der Waals surface area contributed by atoms with Gasteiger partial charge in [-0.15, -0.1) is 0 Å². The first-order chi connectivity index (χ1) is 8.29. The van der Waals surface area contributed by atoms with Crippen molar-refractivity contribution in [2.45, 2.75) is 32.1 Å². The number of pyridine rings is 1. The summed E-state index contributed by atoms with van der Waals surface area (Å²) >= 11 is 5.83. The molecule has 0 unspecified atom stereocenters. The van der Waals surface area contributed by atoms with Gasteiger partial charge in [0.2, 0.25) is 0 Å². The Labute approximate surface area is 107 Å². The molecule has 0 spiro atoms. The molecular weight excluding hydrogens is 234 g/mol. The van der Waals surface area contributed by atoms with Crippen LogP contribution in [0.25, 0.3) is 0 Å². The lowest BCUT2D eigenvalue weighted by Gasteiger charge is -2.21. The molecule has 0 amide bonds. The van der Waals surface area contributed by atoms with Crippen molar-refractivity contribution in [1.29, 1.82) is 5.26 Å². The van der Waals surface area contributed by atoms with Gasteiger partial charge in [0.05, 0.1) is 5.02 Å². The summed E-state index contributed by atoms with van der Waals surface area (Å²) in [5, 5.41) is 12.5. The number of aromatic nitrogens is 1. The molecule has 4 heteroatoms. The van der Waals surface area contributed by atoms with Crippen LogP contribution in [0.5, 0.6) is 0 Å². The number of nitrogens with one attached hydrogen (secondary N) is 1. The average Bonchev–Trinajstić information content (AvgIpc) is 2.39. The maximum Gasteiger partial charge on any atom is 0.161 e. The molecule has 0 atom stereocenters. The van der Waals surface area contributed by atoms with E-state index in [1.807, 2.05) is 12.1 Å². The molecule has 1 aromatic heterocycles. The highest BCUT2D eigenvalue weighted by molar-refractivity contribution is 6.31. The lowest BCUT2D eigenvalue weighted by Crippen LogP contribution is -2.17. The Hall–Kier alpha value is -1.27. The number of nitriles is 1. The van der Waals surface area contributed by atoms with Gasteiger partial charge in [-0.05, 0) is 30.9 Å². The van der Waals surface area contributed by atoms with E-state index in [0.717, 1.165) is 18.3 Å². The summed E-state index contributed by atoms with van der Waals surface area (Å²) in [6, 6.07) is 5.53.